The van der Waals surface area contributed by atoms with Crippen molar-refractivity contribution in [2.75, 3.05) is 0 Å². The fourth-order valence-corrected chi connectivity index (χ4v) is 3.54. The molecule has 0 bridgehead atoms. The summed E-state index contributed by atoms with van der Waals surface area (Å²) in [5, 5.41) is 16.7. The van der Waals surface area contributed by atoms with Crippen LogP contribution in [-0.4, -0.2) is 26.5 Å². The van der Waals surface area contributed by atoms with Crippen molar-refractivity contribution in [3.05, 3.63) is 66.0 Å². The molecule has 3 rings (SSSR count). The molecule has 2 aromatic carbocycles. The molecule has 25 heavy (non-hydrogen) atoms. The van der Waals surface area contributed by atoms with Crippen molar-refractivity contribution in [3.63, 3.8) is 0 Å². The second-order valence-electron chi connectivity index (χ2n) is 4.96. The molecule has 1 aromatic heterocycles. The number of H-pyrrole nitrogens is 2. The summed E-state index contributed by atoms with van der Waals surface area (Å²) >= 11 is 11.5. The van der Waals surface area contributed by atoms with Crippen LogP contribution in [-0.2, 0) is 0 Å². The number of hydrogen-bond acceptors (Lipinski definition) is 5. The van der Waals surface area contributed by atoms with Crippen molar-refractivity contribution in [2.24, 2.45) is 4.99 Å². The standard InChI is InChI=1S/C16H10Br2N4O2S/c17-9-5-8(14(23)11(18)6-9)7-19-12-4-2-1-3-10(12)13-15(24)20-16(25)22-21-13/h1-7,23H,(H2,20,22,24,25). The molecule has 0 aliphatic carbocycles. The lowest BCUT2D eigenvalue weighted by molar-refractivity contribution is 0.471. The molecular formula is C16H10Br2N4O2S. The summed E-state index contributed by atoms with van der Waals surface area (Å²) in [7, 11) is 0. The molecule has 0 unspecified atom stereocenters. The summed E-state index contributed by atoms with van der Waals surface area (Å²) in [6.45, 7) is 0. The van der Waals surface area contributed by atoms with Crippen LogP contribution in [0.4, 0.5) is 5.69 Å². The van der Waals surface area contributed by atoms with Crippen LogP contribution in [0.3, 0.4) is 0 Å². The number of rotatable bonds is 3. The van der Waals surface area contributed by atoms with Gasteiger partial charge < -0.3 is 5.11 Å². The van der Waals surface area contributed by atoms with Gasteiger partial charge in [0.05, 0.1) is 10.2 Å². The second-order valence-corrected chi connectivity index (χ2v) is 7.13. The van der Waals surface area contributed by atoms with Gasteiger partial charge in [0, 0.05) is 21.8 Å². The average Bonchev–Trinajstić information content (AvgIpc) is 2.57. The average molecular weight is 482 g/mol. The van der Waals surface area contributed by atoms with E-state index >= 15 is 0 Å². The molecule has 0 radical (unpaired) electrons. The lowest BCUT2D eigenvalue weighted by atomic mass is 10.1. The molecule has 9 heteroatoms. The van der Waals surface area contributed by atoms with Crippen molar-refractivity contribution >= 4 is 56.0 Å². The van der Waals surface area contributed by atoms with Crippen LogP contribution >= 0.6 is 44.1 Å². The Bertz CT molecular complexity index is 1090. The Morgan fingerprint density at radius 1 is 1.24 bits per heavy atom. The molecule has 3 N–H and O–H groups in total. The number of aromatic hydroxyl groups is 1. The maximum atomic E-state index is 12.1. The Morgan fingerprint density at radius 3 is 2.76 bits per heavy atom. The molecule has 6 nitrogen and oxygen atoms in total. The Hall–Kier alpha value is -2.10. The third kappa shape index (κ3) is 3.94. The first-order valence-electron chi connectivity index (χ1n) is 6.96. The van der Waals surface area contributed by atoms with E-state index in [1.807, 2.05) is 0 Å². The number of aliphatic imine (C=N–C) groups is 1. The topological polar surface area (TPSA) is 94.1 Å². The highest BCUT2D eigenvalue weighted by Crippen LogP contribution is 2.32. The first-order valence-corrected chi connectivity index (χ1v) is 8.95. The van der Waals surface area contributed by atoms with Crippen LogP contribution in [0, 0.1) is 4.77 Å². The minimum atomic E-state index is -0.403. The van der Waals surface area contributed by atoms with Gasteiger partial charge in [-0.25, -0.2) is 0 Å². The van der Waals surface area contributed by atoms with Crippen molar-refractivity contribution in [1.29, 1.82) is 0 Å². The highest BCUT2D eigenvalue weighted by Gasteiger charge is 2.10. The normalized spacial score (nSPS) is 11.1. The van der Waals surface area contributed by atoms with Gasteiger partial charge in [-0.05, 0) is 46.3 Å². The number of nitrogens with zero attached hydrogens (tertiary/aromatic N) is 2. The molecule has 0 spiro atoms. The molecular weight excluding hydrogens is 472 g/mol. The number of benzene rings is 2. The maximum absolute atomic E-state index is 12.1. The molecule has 1 heterocycles. The third-order valence-electron chi connectivity index (χ3n) is 3.27. The minimum absolute atomic E-state index is 0.0733. The number of para-hydroxylation sites is 1. The number of halogens is 2. The third-order valence-corrected chi connectivity index (χ3v) is 4.53. The Kier molecular flexibility index (Phi) is 5.26. The summed E-state index contributed by atoms with van der Waals surface area (Å²) in [6.07, 6.45) is 1.52. The minimum Gasteiger partial charge on any atom is -0.506 e. The zero-order chi connectivity index (χ0) is 18.0. The summed E-state index contributed by atoms with van der Waals surface area (Å²) in [4.78, 5) is 19.0. The predicted molar refractivity (Wildman–Crippen MR) is 106 cm³/mol. The number of phenolic OH excluding ortho intramolecular Hbond substituents is 1. The molecule has 0 atom stereocenters. The van der Waals surface area contributed by atoms with E-state index in [-0.39, 0.29) is 16.2 Å². The first kappa shape index (κ1) is 17.7. The Labute approximate surface area is 163 Å². The SMILES string of the molecule is O=c1[nH]c(=S)[nH]nc1-c1ccccc1N=Cc1cc(Br)cc(Br)c1O. The summed E-state index contributed by atoms with van der Waals surface area (Å²) in [5.41, 5.74) is 1.37. The quantitative estimate of drug-likeness (QED) is 0.379. The van der Waals surface area contributed by atoms with E-state index < -0.39 is 5.56 Å². The van der Waals surface area contributed by atoms with Gasteiger partial charge in [-0.15, -0.1) is 0 Å². The predicted octanol–water partition coefficient (Wildman–Crippen LogP) is 4.48. The smallest absolute Gasteiger partial charge is 0.278 e. The maximum Gasteiger partial charge on any atom is 0.278 e. The monoisotopic (exact) mass is 480 g/mol. The molecule has 0 aliphatic rings. The van der Waals surface area contributed by atoms with Gasteiger partial charge in [0.2, 0.25) is 0 Å². The first-order chi connectivity index (χ1) is 12.0. The molecule has 0 amide bonds. The lowest BCUT2D eigenvalue weighted by Gasteiger charge is -2.05. The molecule has 0 fully saturated rings. The van der Waals surface area contributed by atoms with E-state index in [1.54, 1.807) is 36.4 Å². The van der Waals surface area contributed by atoms with E-state index in [4.69, 9.17) is 12.2 Å². The van der Waals surface area contributed by atoms with Gasteiger partial charge >= 0.3 is 0 Å². The van der Waals surface area contributed by atoms with Crippen molar-refractivity contribution in [1.82, 2.24) is 15.2 Å². The van der Waals surface area contributed by atoms with Crippen molar-refractivity contribution in [2.45, 2.75) is 0 Å². The number of aromatic amines is 2. The van der Waals surface area contributed by atoms with E-state index in [0.717, 1.165) is 4.47 Å². The summed E-state index contributed by atoms with van der Waals surface area (Å²) in [6, 6.07) is 10.5. The molecule has 0 saturated heterocycles. The lowest BCUT2D eigenvalue weighted by Crippen LogP contribution is -2.12. The van der Waals surface area contributed by atoms with Crippen LogP contribution in [0.2, 0.25) is 0 Å². The molecule has 0 saturated carbocycles. The fraction of sp³-hybridized carbons (Fsp3) is 0. The zero-order valence-corrected chi connectivity index (χ0v) is 16.4. The number of aromatic nitrogens is 3. The zero-order valence-electron chi connectivity index (χ0n) is 12.5. The van der Waals surface area contributed by atoms with Gasteiger partial charge in [-0.3, -0.25) is 19.9 Å². The summed E-state index contributed by atoms with van der Waals surface area (Å²) in [5.74, 6) is 0.0733. The van der Waals surface area contributed by atoms with Gasteiger partial charge in [0.15, 0.2) is 10.5 Å². The van der Waals surface area contributed by atoms with Crippen molar-refractivity contribution in [3.8, 4) is 17.0 Å². The largest absolute Gasteiger partial charge is 0.506 e. The molecule has 0 aliphatic heterocycles. The van der Waals surface area contributed by atoms with Crippen LogP contribution in [0.15, 0.2) is 55.1 Å². The number of nitrogens with one attached hydrogen (secondary N) is 2. The Balaban J connectivity index is 2.08. The van der Waals surface area contributed by atoms with Gasteiger partial charge in [0.25, 0.3) is 5.56 Å². The van der Waals surface area contributed by atoms with Crippen molar-refractivity contribution < 1.29 is 5.11 Å². The van der Waals surface area contributed by atoms with Gasteiger partial charge in [-0.1, -0.05) is 34.1 Å². The highest BCUT2D eigenvalue weighted by molar-refractivity contribution is 9.11. The molecule has 126 valence electrons. The van der Waals surface area contributed by atoms with E-state index in [0.29, 0.717) is 21.3 Å². The van der Waals surface area contributed by atoms with Crippen LogP contribution in [0.25, 0.3) is 11.3 Å². The van der Waals surface area contributed by atoms with Crippen LogP contribution in [0.1, 0.15) is 5.56 Å². The van der Waals surface area contributed by atoms with Gasteiger partial charge in [0.1, 0.15) is 5.75 Å². The van der Waals surface area contributed by atoms with Crippen LogP contribution in [0.5, 0.6) is 5.75 Å². The molecule has 3 aromatic rings. The number of phenols is 1. The van der Waals surface area contributed by atoms with E-state index in [9.17, 15) is 9.90 Å². The van der Waals surface area contributed by atoms with Crippen LogP contribution < -0.4 is 5.56 Å². The van der Waals surface area contributed by atoms with Gasteiger partial charge in [-0.2, -0.15) is 5.10 Å². The Morgan fingerprint density at radius 2 is 2.00 bits per heavy atom. The number of hydrogen-bond donors (Lipinski definition) is 3. The van der Waals surface area contributed by atoms with E-state index in [2.05, 4.69) is 52.0 Å². The van der Waals surface area contributed by atoms with E-state index in [1.165, 1.54) is 6.21 Å². The second kappa shape index (κ2) is 7.42. The summed E-state index contributed by atoms with van der Waals surface area (Å²) < 4.78 is 1.49. The highest BCUT2D eigenvalue weighted by atomic mass is 79.9. The fourth-order valence-electron chi connectivity index (χ4n) is 2.14.